The highest BCUT2D eigenvalue weighted by Crippen LogP contribution is 2.31. The summed E-state index contributed by atoms with van der Waals surface area (Å²) in [4.78, 5) is 31.1. The largest absolute Gasteiger partial charge is 0.465 e. The van der Waals surface area contributed by atoms with E-state index < -0.39 is 5.25 Å². The van der Waals surface area contributed by atoms with Crippen molar-refractivity contribution >= 4 is 40.6 Å². The fraction of sp³-hybridized carbons (Fsp3) is 0.190. The highest BCUT2D eigenvalue weighted by molar-refractivity contribution is 8.15. The Bertz CT molecular complexity index is 879. The normalized spacial score (nSPS) is 16.4. The van der Waals surface area contributed by atoms with Gasteiger partial charge in [-0.05, 0) is 37.6 Å². The van der Waals surface area contributed by atoms with Crippen LogP contribution in [-0.2, 0) is 14.3 Å². The van der Waals surface area contributed by atoms with E-state index in [0.29, 0.717) is 23.2 Å². The number of hydrogen-bond donors (Lipinski definition) is 0. The van der Waals surface area contributed by atoms with E-state index in [1.165, 1.54) is 16.7 Å². The van der Waals surface area contributed by atoms with Crippen molar-refractivity contribution in [3.8, 4) is 0 Å². The topological polar surface area (TPSA) is 59.0 Å². The lowest BCUT2D eigenvalue weighted by atomic mass is 10.2. The fourth-order valence-electron chi connectivity index (χ4n) is 2.55. The van der Waals surface area contributed by atoms with Gasteiger partial charge in [-0.2, -0.15) is 0 Å². The third-order valence-electron chi connectivity index (χ3n) is 3.85. The summed E-state index contributed by atoms with van der Waals surface area (Å²) < 4.78 is 5.07. The Kier molecular flexibility index (Phi) is 6.08. The van der Waals surface area contributed by atoms with Gasteiger partial charge >= 0.3 is 5.97 Å². The van der Waals surface area contributed by atoms with Gasteiger partial charge in [0, 0.05) is 0 Å². The van der Waals surface area contributed by atoms with E-state index in [2.05, 4.69) is 4.99 Å². The lowest BCUT2D eigenvalue weighted by Gasteiger charge is -2.19. The Balaban J connectivity index is 1.94. The van der Waals surface area contributed by atoms with Crippen molar-refractivity contribution in [2.75, 3.05) is 11.5 Å². The summed E-state index contributed by atoms with van der Waals surface area (Å²) in [5, 5.41) is -0.00674. The SMILES string of the molecule is CCOC(=O)[C@@H](C)SC1=N/C(=C/c2ccccc2)C(=O)N1c1ccccc1. The van der Waals surface area contributed by atoms with Crippen molar-refractivity contribution in [3.05, 3.63) is 71.9 Å². The van der Waals surface area contributed by atoms with E-state index in [0.717, 1.165) is 5.56 Å². The van der Waals surface area contributed by atoms with Crippen molar-refractivity contribution < 1.29 is 14.3 Å². The van der Waals surface area contributed by atoms with Gasteiger partial charge in [0.1, 0.15) is 10.9 Å². The summed E-state index contributed by atoms with van der Waals surface area (Å²) in [7, 11) is 0. The molecule has 0 unspecified atom stereocenters. The number of thioether (sulfide) groups is 1. The first-order valence-corrected chi connectivity index (χ1v) is 9.56. The molecular weight excluding hydrogens is 360 g/mol. The number of carbonyl (C=O) groups excluding carboxylic acids is 2. The molecule has 2 aromatic carbocycles. The molecule has 1 atom stereocenters. The van der Waals surface area contributed by atoms with E-state index in [1.54, 1.807) is 19.9 Å². The minimum absolute atomic E-state index is 0.219. The average Bonchev–Trinajstić information content (AvgIpc) is 2.98. The summed E-state index contributed by atoms with van der Waals surface area (Å²) in [6, 6.07) is 18.8. The number of amidine groups is 1. The number of aliphatic imine (C=N–C) groups is 1. The molecule has 1 amide bonds. The van der Waals surface area contributed by atoms with Crippen LogP contribution in [0.5, 0.6) is 0 Å². The molecule has 0 aliphatic carbocycles. The lowest BCUT2D eigenvalue weighted by molar-refractivity contribution is -0.142. The number of nitrogens with zero attached hydrogens (tertiary/aromatic N) is 2. The first-order chi connectivity index (χ1) is 13.1. The molecule has 2 aromatic rings. The van der Waals surface area contributed by atoms with Crippen LogP contribution in [0.25, 0.3) is 6.08 Å². The number of carbonyl (C=O) groups is 2. The van der Waals surface area contributed by atoms with Crippen LogP contribution in [0.15, 0.2) is 71.4 Å². The Labute approximate surface area is 162 Å². The zero-order chi connectivity index (χ0) is 19.2. The van der Waals surface area contributed by atoms with E-state index in [4.69, 9.17) is 4.74 Å². The Morgan fingerprint density at radius 1 is 1.15 bits per heavy atom. The molecule has 0 saturated carbocycles. The van der Waals surface area contributed by atoms with Gasteiger partial charge < -0.3 is 4.74 Å². The minimum atomic E-state index is -0.473. The predicted octanol–water partition coefficient (Wildman–Crippen LogP) is 4.12. The molecule has 27 heavy (non-hydrogen) atoms. The van der Waals surface area contributed by atoms with Crippen molar-refractivity contribution in [1.82, 2.24) is 0 Å². The maximum Gasteiger partial charge on any atom is 0.319 e. The quantitative estimate of drug-likeness (QED) is 0.578. The number of benzene rings is 2. The van der Waals surface area contributed by atoms with Crippen molar-refractivity contribution in [1.29, 1.82) is 0 Å². The van der Waals surface area contributed by atoms with Gasteiger partial charge in [0.25, 0.3) is 5.91 Å². The van der Waals surface area contributed by atoms with Gasteiger partial charge in [0.15, 0.2) is 5.17 Å². The summed E-state index contributed by atoms with van der Waals surface area (Å²) >= 11 is 1.22. The van der Waals surface area contributed by atoms with Gasteiger partial charge in [-0.25, -0.2) is 4.99 Å². The van der Waals surface area contributed by atoms with E-state index in [9.17, 15) is 9.59 Å². The maximum atomic E-state index is 13.0. The number of ether oxygens (including phenoxy) is 1. The lowest BCUT2D eigenvalue weighted by Crippen LogP contribution is -2.32. The number of amides is 1. The fourth-order valence-corrected chi connectivity index (χ4v) is 3.48. The van der Waals surface area contributed by atoms with Crippen molar-refractivity contribution in [2.24, 2.45) is 4.99 Å². The summed E-state index contributed by atoms with van der Waals surface area (Å²) in [6.45, 7) is 3.83. The van der Waals surface area contributed by atoms with Crippen LogP contribution in [-0.4, -0.2) is 28.9 Å². The molecule has 6 heteroatoms. The number of hydrogen-bond acceptors (Lipinski definition) is 5. The van der Waals surface area contributed by atoms with Crippen LogP contribution >= 0.6 is 11.8 Å². The van der Waals surface area contributed by atoms with Crippen LogP contribution in [0.4, 0.5) is 5.69 Å². The molecule has 0 bridgehead atoms. The molecule has 0 radical (unpaired) electrons. The van der Waals surface area contributed by atoms with Crippen molar-refractivity contribution in [2.45, 2.75) is 19.1 Å². The van der Waals surface area contributed by atoms with Gasteiger partial charge in [-0.15, -0.1) is 0 Å². The zero-order valence-corrected chi connectivity index (χ0v) is 16.0. The van der Waals surface area contributed by atoms with Crippen LogP contribution in [0, 0.1) is 0 Å². The molecule has 1 heterocycles. The molecule has 0 spiro atoms. The number of anilines is 1. The van der Waals surface area contributed by atoms with Gasteiger partial charge in [0.2, 0.25) is 0 Å². The predicted molar refractivity (Wildman–Crippen MR) is 109 cm³/mol. The molecule has 0 fully saturated rings. The molecule has 5 nitrogen and oxygen atoms in total. The van der Waals surface area contributed by atoms with Gasteiger partial charge in [-0.1, -0.05) is 60.3 Å². The summed E-state index contributed by atoms with van der Waals surface area (Å²) in [5.74, 6) is -0.547. The number of esters is 1. The molecule has 0 aromatic heterocycles. The Morgan fingerprint density at radius 3 is 2.41 bits per heavy atom. The second-order valence-electron chi connectivity index (χ2n) is 5.82. The molecule has 0 N–H and O–H groups in total. The number of para-hydroxylation sites is 1. The van der Waals surface area contributed by atoms with E-state index in [-0.39, 0.29) is 11.9 Å². The monoisotopic (exact) mass is 380 g/mol. The summed E-state index contributed by atoms with van der Waals surface area (Å²) in [6.07, 6.45) is 1.75. The molecule has 138 valence electrons. The van der Waals surface area contributed by atoms with Gasteiger partial charge in [0.05, 0.1) is 12.3 Å². The van der Waals surface area contributed by atoms with Crippen LogP contribution < -0.4 is 4.90 Å². The Morgan fingerprint density at radius 2 is 1.78 bits per heavy atom. The summed E-state index contributed by atoms with van der Waals surface area (Å²) in [5.41, 5.74) is 1.94. The molecular formula is C21H20N2O3S. The Hall–Kier alpha value is -2.86. The molecule has 3 rings (SSSR count). The molecule has 0 saturated heterocycles. The zero-order valence-electron chi connectivity index (χ0n) is 15.2. The maximum absolute atomic E-state index is 13.0. The second kappa shape index (κ2) is 8.68. The third-order valence-corrected chi connectivity index (χ3v) is 4.88. The van der Waals surface area contributed by atoms with Gasteiger partial charge in [-0.3, -0.25) is 14.5 Å². The number of rotatable bonds is 5. The average molecular weight is 380 g/mol. The van der Waals surface area contributed by atoms with Crippen molar-refractivity contribution in [3.63, 3.8) is 0 Å². The van der Waals surface area contributed by atoms with Crippen LogP contribution in [0.1, 0.15) is 19.4 Å². The molecule has 1 aliphatic rings. The highest BCUT2D eigenvalue weighted by Gasteiger charge is 2.34. The highest BCUT2D eigenvalue weighted by atomic mass is 32.2. The third kappa shape index (κ3) is 4.46. The first-order valence-electron chi connectivity index (χ1n) is 8.68. The van der Waals surface area contributed by atoms with E-state index in [1.807, 2.05) is 60.7 Å². The minimum Gasteiger partial charge on any atom is -0.465 e. The van der Waals surface area contributed by atoms with Crippen LogP contribution in [0.3, 0.4) is 0 Å². The van der Waals surface area contributed by atoms with Crippen LogP contribution in [0.2, 0.25) is 0 Å². The van der Waals surface area contributed by atoms with E-state index >= 15 is 0 Å². The standard InChI is InChI=1S/C21H20N2O3S/c1-3-26-20(25)15(2)27-21-22-18(14-16-10-6-4-7-11-16)19(24)23(21)17-12-8-5-9-13-17/h4-15H,3H2,1-2H3/b18-14+/t15-/m1/s1. The smallest absolute Gasteiger partial charge is 0.319 e. The molecule has 1 aliphatic heterocycles. The second-order valence-corrected chi connectivity index (χ2v) is 7.13. The first kappa shape index (κ1) is 18.9.